The molecule has 0 aliphatic carbocycles. The number of esters is 1. The average Bonchev–Trinajstić information content (AvgIpc) is 2.27. The number of carbonyl (C=O) groups excluding carboxylic acids is 1. The van der Waals surface area contributed by atoms with E-state index in [1.807, 2.05) is 0 Å². The van der Waals surface area contributed by atoms with Crippen LogP contribution in [0.2, 0.25) is 0 Å². The summed E-state index contributed by atoms with van der Waals surface area (Å²) < 4.78 is 4.94. The second kappa shape index (κ2) is 7.33. The fourth-order valence-corrected chi connectivity index (χ4v) is 2.46. The minimum Gasteiger partial charge on any atom is -0.462 e. The molecule has 1 rings (SSSR count). The van der Waals surface area contributed by atoms with Crippen molar-refractivity contribution in [3.8, 4) is 0 Å². The molecule has 6 heteroatoms. The third-order valence-corrected chi connectivity index (χ3v) is 3.69. The Kier molecular flexibility index (Phi) is 6.08. The van der Waals surface area contributed by atoms with Crippen LogP contribution in [-0.4, -0.2) is 28.3 Å². The highest BCUT2D eigenvalue weighted by Crippen LogP contribution is 2.18. The number of nitrogens with zero attached hydrogens (tertiary/aromatic N) is 2. The highest BCUT2D eigenvalue weighted by molar-refractivity contribution is 7.98. The van der Waals surface area contributed by atoms with E-state index < -0.39 is 5.97 Å². The van der Waals surface area contributed by atoms with Crippen LogP contribution in [0.3, 0.4) is 0 Å². The van der Waals surface area contributed by atoms with E-state index in [1.165, 1.54) is 0 Å². The zero-order chi connectivity index (χ0) is 14.4. The molecule has 2 N–H and O–H groups in total. The zero-order valence-electron chi connectivity index (χ0n) is 11.9. The van der Waals surface area contributed by atoms with E-state index in [1.54, 1.807) is 25.6 Å². The molecule has 0 radical (unpaired) electrons. The number of anilines is 1. The number of carbonyl (C=O) groups is 1. The van der Waals surface area contributed by atoms with Crippen molar-refractivity contribution in [2.24, 2.45) is 5.92 Å². The van der Waals surface area contributed by atoms with Crippen LogP contribution in [0.1, 0.15) is 42.6 Å². The lowest BCUT2D eigenvalue weighted by Gasteiger charge is -2.10. The van der Waals surface area contributed by atoms with Crippen LogP contribution >= 0.6 is 11.8 Å². The first kappa shape index (κ1) is 15.8. The summed E-state index contributed by atoms with van der Waals surface area (Å²) in [6.07, 6.45) is 0. The van der Waals surface area contributed by atoms with E-state index in [9.17, 15) is 4.79 Å². The number of hydrogen-bond donors (Lipinski definition) is 1. The molecule has 0 fully saturated rings. The minimum atomic E-state index is -0.459. The van der Waals surface area contributed by atoms with Crippen LogP contribution in [0.5, 0.6) is 0 Å². The van der Waals surface area contributed by atoms with Gasteiger partial charge in [0.15, 0.2) is 0 Å². The number of aryl methyl sites for hydroxylation is 1. The van der Waals surface area contributed by atoms with Gasteiger partial charge in [0.25, 0.3) is 0 Å². The number of rotatable bonds is 6. The van der Waals surface area contributed by atoms with E-state index in [4.69, 9.17) is 10.5 Å². The summed E-state index contributed by atoms with van der Waals surface area (Å²) in [5.74, 6) is 2.77. The van der Waals surface area contributed by atoms with Gasteiger partial charge in [0.2, 0.25) is 0 Å². The normalized spacial score (nSPS) is 10.8. The third-order valence-electron chi connectivity index (χ3n) is 2.33. The van der Waals surface area contributed by atoms with E-state index in [-0.39, 0.29) is 11.4 Å². The fourth-order valence-electron chi connectivity index (χ4n) is 1.56. The average molecular weight is 283 g/mol. The van der Waals surface area contributed by atoms with E-state index in [0.29, 0.717) is 29.8 Å². The monoisotopic (exact) mass is 283 g/mol. The molecule has 0 aliphatic heterocycles. The van der Waals surface area contributed by atoms with Gasteiger partial charge in [-0.25, -0.2) is 14.8 Å². The topological polar surface area (TPSA) is 78.1 Å². The van der Waals surface area contributed by atoms with Crippen molar-refractivity contribution in [3.63, 3.8) is 0 Å². The number of nitrogen functional groups attached to an aromatic ring is 1. The van der Waals surface area contributed by atoms with Crippen LogP contribution in [0.15, 0.2) is 0 Å². The van der Waals surface area contributed by atoms with Gasteiger partial charge in [-0.1, -0.05) is 13.8 Å². The van der Waals surface area contributed by atoms with Gasteiger partial charge in [-0.3, -0.25) is 0 Å². The predicted octanol–water partition coefficient (Wildman–Crippen LogP) is 2.43. The van der Waals surface area contributed by atoms with Gasteiger partial charge in [0.1, 0.15) is 17.2 Å². The molecule has 0 unspecified atom stereocenters. The summed E-state index contributed by atoms with van der Waals surface area (Å²) in [5.41, 5.74) is 6.68. The maximum absolute atomic E-state index is 11.7. The molecular weight excluding hydrogens is 262 g/mol. The number of hydrogen-bond acceptors (Lipinski definition) is 6. The van der Waals surface area contributed by atoms with Gasteiger partial charge in [-0.15, -0.1) is 0 Å². The van der Waals surface area contributed by atoms with E-state index in [2.05, 4.69) is 23.8 Å². The lowest BCUT2D eigenvalue weighted by Crippen LogP contribution is -2.14. The van der Waals surface area contributed by atoms with Crippen LogP contribution in [0.25, 0.3) is 0 Å². The van der Waals surface area contributed by atoms with Crippen molar-refractivity contribution >= 4 is 23.5 Å². The molecule has 1 aromatic heterocycles. The number of aromatic nitrogens is 2. The Bertz CT molecular complexity index is 427. The van der Waals surface area contributed by atoms with Crippen LogP contribution in [0, 0.1) is 12.8 Å². The Labute approximate surface area is 118 Å². The van der Waals surface area contributed by atoms with Gasteiger partial charge < -0.3 is 10.5 Å². The molecule has 0 atom stereocenters. The molecule has 1 heterocycles. The van der Waals surface area contributed by atoms with Gasteiger partial charge in [-0.2, -0.15) is 11.8 Å². The van der Waals surface area contributed by atoms with E-state index >= 15 is 0 Å². The first-order valence-corrected chi connectivity index (χ1v) is 7.49. The summed E-state index contributed by atoms with van der Waals surface area (Å²) in [6.45, 7) is 8.14. The maximum Gasteiger partial charge on any atom is 0.343 e. The SMILES string of the molecule is CCOC(=O)c1c(C)nc(CSCC(C)C)nc1N. The lowest BCUT2D eigenvalue weighted by molar-refractivity contribution is 0.0526. The molecule has 0 spiro atoms. The lowest BCUT2D eigenvalue weighted by atomic mass is 10.2. The summed E-state index contributed by atoms with van der Waals surface area (Å²) in [4.78, 5) is 20.2. The quantitative estimate of drug-likeness (QED) is 0.808. The predicted molar refractivity (Wildman–Crippen MR) is 78.1 cm³/mol. The molecule has 106 valence electrons. The summed E-state index contributed by atoms with van der Waals surface area (Å²) in [7, 11) is 0. The summed E-state index contributed by atoms with van der Waals surface area (Å²) in [5, 5.41) is 0. The Morgan fingerprint density at radius 3 is 2.63 bits per heavy atom. The fraction of sp³-hybridized carbons (Fsp3) is 0.615. The molecule has 0 bridgehead atoms. The van der Waals surface area contributed by atoms with Gasteiger partial charge >= 0.3 is 5.97 Å². The molecule has 0 saturated heterocycles. The Hall–Kier alpha value is -1.30. The highest BCUT2D eigenvalue weighted by Gasteiger charge is 2.17. The van der Waals surface area contributed by atoms with Crippen molar-refractivity contribution in [1.29, 1.82) is 0 Å². The van der Waals surface area contributed by atoms with Crippen molar-refractivity contribution in [2.45, 2.75) is 33.4 Å². The number of ether oxygens (including phenoxy) is 1. The van der Waals surface area contributed by atoms with Crippen LogP contribution < -0.4 is 5.73 Å². The van der Waals surface area contributed by atoms with Crippen LogP contribution in [-0.2, 0) is 10.5 Å². The molecule has 0 aliphatic rings. The molecule has 19 heavy (non-hydrogen) atoms. The third kappa shape index (κ3) is 4.70. The number of nitrogens with two attached hydrogens (primary N) is 1. The van der Waals surface area contributed by atoms with Gasteiger partial charge in [0.05, 0.1) is 18.1 Å². The zero-order valence-corrected chi connectivity index (χ0v) is 12.7. The van der Waals surface area contributed by atoms with Gasteiger partial charge in [-0.05, 0) is 25.5 Å². The Morgan fingerprint density at radius 2 is 2.11 bits per heavy atom. The van der Waals surface area contributed by atoms with Crippen molar-refractivity contribution in [2.75, 3.05) is 18.1 Å². The van der Waals surface area contributed by atoms with Crippen molar-refractivity contribution in [1.82, 2.24) is 9.97 Å². The first-order chi connectivity index (χ1) is 8.95. The molecule has 0 amide bonds. The highest BCUT2D eigenvalue weighted by atomic mass is 32.2. The minimum absolute atomic E-state index is 0.200. The molecule has 1 aromatic rings. The Balaban J connectivity index is 2.82. The van der Waals surface area contributed by atoms with E-state index in [0.717, 1.165) is 5.75 Å². The second-order valence-corrected chi connectivity index (χ2v) is 5.65. The van der Waals surface area contributed by atoms with Gasteiger partial charge in [0, 0.05) is 0 Å². The largest absolute Gasteiger partial charge is 0.462 e. The molecular formula is C13H21N3O2S. The molecule has 5 nitrogen and oxygen atoms in total. The Morgan fingerprint density at radius 1 is 1.42 bits per heavy atom. The second-order valence-electron chi connectivity index (χ2n) is 4.61. The summed E-state index contributed by atoms with van der Waals surface area (Å²) >= 11 is 1.76. The maximum atomic E-state index is 11.7. The number of thioether (sulfide) groups is 1. The van der Waals surface area contributed by atoms with Crippen LogP contribution in [0.4, 0.5) is 5.82 Å². The molecule has 0 saturated carbocycles. The molecule has 0 aromatic carbocycles. The smallest absolute Gasteiger partial charge is 0.343 e. The van der Waals surface area contributed by atoms with Crippen molar-refractivity contribution in [3.05, 3.63) is 17.1 Å². The first-order valence-electron chi connectivity index (χ1n) is 6.33. The standard InChI is InChI=1S/C13H21N3O2S/c1-5-18-13(17)11-9(4)15-10(16-12(11)14)7-19-6-8(2)3/h8H,5-7H2,1-4H3,(H2,14,15,16). The van der Waals surface area contributed by atoms with Crippen molar-refractivity contribution < 1.29 is 9.53 Å². The summed E-state index contributed by atoms with van der Waals surface area (Å²) in [6, 6.07) is 0.